The van der Waals surface area contributed by atoms with E-state index in [1.807, 2.05) is 30.3 Å². The minimum Gasteiger partial charge on any atom is -0.375 e. The summed E-state index contributed by atoms with van der Waals surface area (Å²) in [4.78, 5) is 20.6. The van der Waals surface area contributed by atoms with Crippen molar-refractivity contribution in [2.24, 2.45) is 0 Å². The second-order valence-electron chi connectivity index (χ2n) is 8.52. The van der Waals surface area contributed by atoms with Crippen molar-refractivity contribution >= 4 is 16.8 Å². The van der Waals surface area contributed by atoms with E-state index in [1.165, 1.54) is 6.42 Å². The zero-order valence-electron chi connectivity index (χ0n) is 16.7. The Morgan fingerprint density at radius 3 is 2.78 bits per heavy atom. The van der Waals surface area contributed by atoms with Crippen LogP contribution in [0.3, 0.4) is 0 Å². The monoisotopic (exact) mass is 369 g/mol. The number of carbonyl (C=O) groups excluding carboxylic acids is 1. The standard InChI is InChI=1S/C22H31N3O2/c1-24(2)20-14-22(10-6-12-27-22)11-9-19(20)25(3)21(26)13-16-15-23-18-8-5-4-7-17(16)18/h4-5,7-8,15,19-20,23H,6,9-14H2,1-3H3/t19-,20-,22+/m1/s1. The van der Waals surface area contributed by atoms with E-state index in [1.54, 1.807) is 0 Å². The van der Waals surface area contributed by atoms with Crippen LogP contribution in [0.2, 0.25) is 0 Å². The largest absolute Gasteiger partial charge is 0.375 e. The highest BCUT2D eigenvalue weighted by Gasteiger charge is 2.46. The van der Waals surface area contributed by atoms with Gasteiger partial charge in [-0.25, -0.2) is 0 Å². The molecule has 1 saturated carbocycles. The number of aromatic amines is 1. The van der Waals surface area contributed by atoms with Crippen LogP contribution in [0.1, 0.15) is 37.7 Å². The molecule has 4 rings (SSSR count). The molecule has 1 saturated heterocycles. The Labute approximate surface area is 161 Å². The Morgan fingerprint density at radius 2 is 2.04 bits per heavy atom. The summed E-state index contributed by atoms with van der Waals surface area (Å²) in [6.07, 6.45) is 7.85. The van der Waals surface area contributed by atoms with Crippen LogP contribution in [-0.4, -0.2) is 66.1 Å². The van der Waals surface area contributed by atoms with Crippen molar-refractivity contribution in [1.82, 2.24) is 14.8 Å². The van der Waals surface area contributed by atoms with Crippen molar-refractivity contribution in [2.75, 3.05) is 27.7 Å². The molecule has 1 aliphatic carbocycles. The normalized spacial score (nSPS) is 28.3. The molecule has 1 amide bonds. The second kappa shape index (κ2) is 7.28. The number of likely N-dealkylation sites (N-methyl/N-ethyl adjacent to an activating group) is 2. The van der Waals surface area contributed by atoms with Gasteiger partial charge in [-0.1, -0.05) is 18.2 Å². The number of hydrogen-bond donors (Lipinski definition) is 1. The van der Waals surface area contributed by atoms with E-state index in [4.69, 9.17) is 4.74 Å². The maximum absolute atomic E-state index is 13.1. The van der Waals surface area contributed by atoms with Gasteiger partial charge in [0.1, 0.15) is 0 Å². The van der Waals surface area contributed by atoms with Crippen molar-refractivity contribution in [2.45, 2.75) is 56.2 Å². The SMILES string of the molecule is CN(C)[C@@H]1C[C@]2(CCCO2)CC[C@H]1N(C)C(=O)Cc1c[nH]c2ccccc12. The van der Waals surface area contributed by atoms with Gasteiger partial charge in [0.25, 0.3) is 0 Å². The van der Waals surface area contributed by atoms with Crippen molar-refractivity contribution in [3.8, 4) is 0 Å². The molecule has 1 aromatic heterocycles. The quantitative estimate of drug-likeness (QED) is 0.900. The molecule has 1 aliphatic heterocycles. The van der Waals surface area contributed by atoms with E-state index in [0.717, 1.165) is 48.8 Å². The Kier molecular flexibility index (Phi) is 4.99. The molecule has 27 heavy (non-hydrogen) atoms. The van der Waals surface area contributed by atoms with E-state index < -0.39 is 0 Å². The van der Waals surface area contributed by atoms with Crippen LogP contribution in [0, 0.1) is 0 Å². The highest BCUT2D eigenvalue weighted by molar-refractivity contribution is 5.88. The average molecular weight is 370 g/mol. The van der Waals surface area contributed by atoms with Gasteiger partial charge in [0.05, 0.1) is 12.0 Å². The molecule has 1 N–H and O–H groups in total. The first kappa shape index (κ1) is 18.5. The van der Waals surface area contributed by atoms with Crippen LogP contribution in [0.25, 0.3) is 10.9 Å². The van der Waals surface area contributed by atoms with Gasteiger partial charge < -0.3 is 19.5 Å². The number of para-hydroxylation sites is 1. The fourth-order valence-electron chi connectivity index (χ4n) is 5.06. The third-order valence-corrected chi connectivity index (χ3v) is 6.68. The lowest BCUT2D eigenvalue weighted by molar-refractivity contribution is -0.136. The van der Waals surface area contributed by atoms with Gasteiger partial charge in [0, 0.05) is 42.8 Å². The molecule has 0 radical (unpaired) electrons. The van der Waals surface area contributed by atoms with Crippen LogP contribution in [0.15, 0.2) is 30.5 Å². The van der Waals surface area contributed by atoms with Crippen LogP contribution in [0.4, 0.5) is 0 Å². The van der Waals surface area contributed by atoms with Gasteiger partial charge >= 0.3 is 0 Å². The van der Waals surface area contributed by atoms with E-state index in [0.29, 0.717) is 12.5 Å². The molecule has 5 nitrogen and oxygen atoms in total. The van der Waals surface area contributed by atoms with Crippen LogP contribution >= 0.6 is 0 Å². The number of rotatable bonds is 4. The maximum atomic E-state index is 13.1. The average Bonchev–Trinajstić information content (AvgIpc) is 3.29. The van der Waals surface area contributed by atoms with E-state index in [-0.39, 0.29) is 17.6 Å². The number of nitrogens with one attached hydrogen (secondary N) is 1. The first-order valence-corrected chi connectivity index (χ1v) is 10.1. The molecule has 146 valence electrons. The molecule has 5 heteroatoms. The molecule has 2 heterocycles. The fraction of sp³-hybridized carbons (Fsp3) is 0.591. The fourth-order valence-corrected chi connectivity index (χ4v) is 5.06. The van der Waals surface area contributed by atoms with Gasteiger partial charge in [-0.3, -0.25) is 4.79 Å². The number of amides is 1. The molecular formula is C22H31N3O2. The summed E-state index contributed by atoms with van der Waals surface area (Å²) in [7, 11) is 6.24. The van der Waals surface area contributed by atoms with Crippen molar-refractivity contribution in [3.05, 3.63) is 36.0 Å². The Hall–Kier alpha value is -1.85. The second-order valence-corrected chi connectivity index (χ2v) is 8.52. The van der Waals surface area contributed by atoms with E-state index in [2.05, 4.69) is 36.1 Å². The third kappa shape index (κ3) is 3.50. The number of benzene rings is 1. The van der Waals surface area contributed by atoms with Gasteiger partial charge in [-0.05, 0) is 57.8 Å². The number of H-pyrrole nitrogens is 1. The number of carbonyl (C=O) groups is 1. The van der Waals surface area contributed by atoms with Crippen LogP contribution in [0.5, 0.6) is 0 Å². The lowest BCUT2D eigenvalue weighted by atomic mass is 9.76. The molecular weight excluding hydrogens is 338 g/mol. The molecule has 3 atom stereocenters. The van der Waals surface area contributed by atoms with Crippen LogP contribution in [-0.2, 0) is 16.0 Å². The smallest absolute Gasteiger partial charge is 0.227 e. The Morgan fingerprint density at radius 1 is 1.22 bits per heavy atom. The minimum atomic E-state index is 0.0478. The number of ether oxygens (including phenoxy) is 1. The predicted molar refractivity (Wildman–Crippen MR) is 108 cm³/mol. The molecule has 1 aromatic carbocycles. The summed E-state index contributed by atoms with van der Waals surface area (Å²) in [5.41, 5.74) is 2.22. The summed E-state index contributed by atoms with van der Waals surface area (Å²) in [6.45, 7) is 0.889. The number of hydrogen-bond acceptors (Lipinski definition) is 3. The zero-order valence-corrected chi connectivity index (χ0v) is 16.7. The Balaban J connectivity index is 1.49. The summed E-state index contributed by atoms with van der Waals surface area (Å²) in [5.74, 6) is 0.194. The molecule has 0 unspecified atom stereocenters. The first-order chi connectivity index (χ1) is 13.0. The summed E-state index contributed by atoms with van der Waals surface area (Å²) in [6, 6.07) is 8.76. The lowest BCUT2D eigenvalue weighted by Crippen LogP contribution is -2.57. The zero-order chi connectivity index (χ0) is 19.0. The molecule has 0 bridgehead atoms. The van der Waals surface area contributed by atoms with Crippen molar-refractivity contribution < 1.29 is 9.53 Å². The number of nitrogens with zero attached hydrogens (tertiary/aromatic N) is 2. The molecule has 1 spiro atoms. The highest BCUT2D eigenvalue weighted by Crippen LogP contribution is 2.41. The van der Waals surface area contributed by atoms with Crippen molar-refractivity contribution in [1.29, 1.82) is 0 Å². The van der Waals surface area contributed by atoms with Crippen molar-refractivity contribution in [3.63, 3.8) is 0 Å². The van der Waals surface area contributed by atoms with Crippen LogP contribution < -0.4 is 0 Å². The summed E-state index contributed by atoms with van der Waals surface area (Å²) in [5, 5.41) is 1.14. The predicted octanol–water partition coefficient (Wildman–Crippen LogP) is 3.20. The van der Waals surface area contributed by atoms with Gasteiger partial charge in [0.15, 0.2) is 0 Å². The minimum absolute atomic E-state index is 0.0478. The topological polar surface area (TPSA) is 48.6 Å². The van der Waals surface area contributed by atoms with Gasteiger partial charge in [0.2, 0.25) is 5.91 Å². The number of fused-ring (bicyclic) bond motifs is 1. The molecule has 2 fully saturated rings. The summed E-state index contributed by atoms with van der Waals surface area (Å²) < 4.78 is 6.15. The number of aromatic nitrogens is 1. The maximum Gasteiger partial charge on any atom is 0.227 e. The van der Waals surface area contributed by atoms with E-state index >= 15 is 0 Å². The summed E-state index contributed by atoms with van der Waals surface area (Å²) >= 11 is 0. The van der Waals surface area contributed by atoms with Gasteiger partial charge in [-0.15, -0.1) is 0 Å². The molecule has 2 aromatic rings. The molecule has 2 aliphatic rings. The highest BCUT2D eigenvalue weighted by atomic mass is 16.5. The Bertz CT molecular complexity index is 807. The van der Waals surface area contributed by atoms with Gasteiger partial charge in [-0.2, -0.15) is 0 Å². The third-order valence-electron chi connectivity index (χ3n) is 6.68. The lowest BCUT2D eigenvalue weighted by Gasteiger charge is -2.47. The first-order valence-electron chi connectivity index (χ1n) is 10.1. The van der Waals surface area contributed by atoms with E-state index in [9.17, 15) is 4.79 Å².